The van der Waals surface area contributed by atoms with E-state index in [1.54, 1.807) is 34.9 Å². The average Bonchev–Trinajstić information content (AvgIpc) is 3.15. The van der Waals surface area contributed by atoms with E-state index < -0.39 is 0 Å². The van der Waals surface area contributed by atoms with Crippen LogP contribution < -0.4 is 10.3 Å². The number of nitrogens with zero attached hydrogens (tertiary/aromatic N) is 2. The van der Waals surface area contributed by atoms with Gasteiger partial charge in [-0.2, -0.15) is 5.10 Å². The van der Waals surface area contributed by atoms with Crippen molar-refractivity contribution in [3.63, 3.8) is 0 Å². The van der Waals surface area contributed by atoms with Gasteiger partial charge < -0.3 is 4.90 Å². The second-order valence-corrected chi connectivity index (χ2v) is 9.64. The number of benzene rings is 4. The predicted molar refractivity (Wildman–Crippen MR) is 137 cm³/mol. The SMILES string of the molecule is O=C(NN=C1CCSc2ccc(F)cc21)c1ccc(CN2C(=O)c3cccc4cccc2c34)cc1. The molecule has 0 unspecified atom stereocenters. The lowest BCUT2D eigenvalue weighted by molar-refractivity contribution is 0.0953. The first-order valence-corrected chi connectivity index (χ1v) is 12.3. The molecule has 35 heavy (non-hydrogen) atoms. The molecule has 0 bridgehead atoms. The van der Waals surface area contributed by atoms with Crippen LogP contribution in [0.1, 0.15) is 38.3 Å². The van der Waals surface area contributed by atoms with E-state index in [0.717, 1.165) is 43.8 Å². The zero-order valence-electron chi connectivity index (χ0n) is 18.6. The number of amides is 2. The van der Waals surface area contributed by atoms with Crippen molar-refractivity contribution in [1.29, 1.82) is 0 Å². The van der Waals surface area contributed by atoms with Crippen LogP contribution in [0.2, 0.25) is 0 Å². The topological polar surface area (TPSA) is 61.8 Å². The Morgan fingerprint density at radius 3 is 2.63 bits per heavy atom. The van der Waals surface area contributed by atoms with E-state index in [0.29, 0.717) is 24.2 Å². The molecule has 4 aromatic carbocycles. The fraction of sp³-hybridized carbons (Fsp3) is 0.107. The van der Waals surface area contributed by atoms with E-state index in [9.17, 15) is 14.0 Å². The van der Waals surface area contributed by atoms with Gasteiger partial charge in [-0.25, -0.2) is 9.82 Å². The molecule has 0 saturated heterocycles. The van der Waals surface area contributed by atoms with Gasteiger partial charge in [0.25, 0.3) is 11.8 Å². The number of rotatable bonds is 4. The summed E-state index contributed by atoms with van der Waals surface area (Å²) in [5.41, 5.74) is 7.00. The molecule has 0 aliphatic carbocycles. The van der Waals surface area contributed by atoms with Crippen LogP contribution in [0.5, 0.6) is 0 Å². The number of anilines is 1. The number of thioether (sulfide) groups is 1. The third-order valence-corrected chi connectivity index (χ3v) is 7.42. The smallest absolute Gasteiger partial charge is 0.271 e. The zero-order valence-corrected chi connectivity index (χ0v) is 19.4. The number of hydrazone groups is 1. The van der Waals surface area contributed by atoms with Crippen molar-refractivity contribution in [2.24, 2.45) is 5.10 Å². The summed E-state index contributed by atoms with van der Waals surface area (Å²) in [5, 5.41) is 6.32. The molecule has 2 heterocycles. The van der Waals surface area contributed by atoms with Gasteiger partial charge in [0.05, 0.1) is 17.9 Å². The van der Waals surface area contributed by atoms with Crippen LogP contribution in [0.15, 0.2) is 88.9 Å². The van der Waals surface area contributed by atoms with Gasteiger partial charge in [0, 0.05) is 39.1 Å². The highest BCUT2D eigenvalue weighted by Gasteiger charge is 2.29. The van der Waals surface area contributed by atoms with Gasteiger partial charge in [0.2, 0.25) is 0 Å². The molecular formula is C28H20FN3O2S. The van der Waals surface area contributed by atoms with Crippen molar-refractivity contribution >= 4 is 45.7 Å². The van der Waals surface area contributed by atoms with Gasteiger partial charge in [-0.15, -0.1) is 11.8 Å². The highest BCUT2D eigenvalue weighted by atomic mass is 32.2. The zero-order chi connectivity index (χ0) is 23.9. The van der Waals surface area contributed by atoms with Crippen LogP contribution in [-0.2, 0) is 6.54 Å². The standard InChI is InChI=1S/C28H20FN3O2S/c29-20-11-12-25-22(15-20)23(13-14-35-25)30-31-27(33)19-9-7-17(8-10-19)16-32-24-6-2-4-18-3-1-5-21(26(18)24)28(32)34/h1-12,15H,13-14,16H2,(H,31,33). The number of hydrogen-bond donors (Lipinski definition) is 1. The monoisotopic (exact) mass is 481 g/mol. The van der Waals surface area contributed by atoms with Crippen LogP contribution >= 0.6 is 11.8 Å². The van der Waals surface area contributed by atoms with Crippen molar-refractivity contribution < 1.29 is 14.0 Å². The molecule has 172 valence electrons. The maximum Gasteiger partial charge on any atom is 0.271 e. The molecule has 2 aliphatic rings. The third kappa shape index (κ3) is 3.88. The van der Waals surface area contributed by atoms with Crippen LogP contribution in [-0.4, -0.2) is 23.3 Å². The summed E-state index contributed by atoms with van der Waals surface area (Å²) in [6, 6.07) is 23.5. The first kappa shape index (κ1) is 21.6. The third-order valence-electron chi connectivity index (χ3n) is 6.35. The Morgan fingerprint density at radius 2 is 1.80 bits per heavy atom. The summed E-state index contributed by atoms with van der Waals surface area (Å²) in [6.07, 6.45) is 0.652. The van der Waals surface area contributed by atoms with Gasteiger partial charge >= 0.3 is 0 Å². The van der Waals surface area contributed by atoms with Gasteiger partial charge in [0.1, 0.15) is 5.82 Å². The minimum atomic E-state index is -0.338. The minimum Gasteiger partial charge on any atom is -0.303 e. The fourth-order valence-corrected chi connectivity index (χ4v) is 5.64. The minimum absolute atomic E-state index is 0.0168. The molecule has 6 rings (SSSR count). The maximum absolute atomic E-state index is 13.7. The summed E-state index contributed by atoms with van der Waals surface area (Å²) in [4.78, 5) is 28.4. The lowest BCUT2D eigenvalue weighted by atomic mass is 10.1. The number of carbonyl (C=O) groups is 2. The molecule has 0 radical (unpaired) electrons. The number of hydrogen-bond acceptors (Lipinski definition) is 4. The van der Waals surface area contributed by atoms with Crippen molar-refractivity contribution in [2.75, 3.05) is 10.7 Å². The molecule has 1 N–H and O–H groups in total. The summed E-state index contributed by atoms with van der Waals surface area (Å²) in [5.74, 6) is 0.151. The van der Waals surface area contributed by atoms with Gasteiger partial charge in [0.15, 0.2) is 0 Å². The average molecular weight is 482 g/mol. The molecule has 2 amide bonds. The van der Waals surface area contributed by atoms with Crippen molar-refractivity contribution in [3.8, 4) is 0 Å². The summed E-state index contributed by atoms with van der Waals surface area (Å²) in [6.45, 7) is 0.414. The Morgan fingerprint density at radius 1 is 1.00 bits per heavy atom. The van der Waals surface area contributed by atoms with E-state index in [4.69, 9.17) is 0 Å². The van der Waals surface area contributed by atoms with Crippen LogP contribution in [0.25, 0.3) is 10.8 Å². The van der Waals surface area contributed by atoms with E-state index in [1.807, 2.05) is 48.5 Å². The molecule has 0 fully saturated rings. The predicted octanol–water partition coefficient (Wildman–Crippen LogP) is 5.77. The van der Waals surface area contributed by atoms with E-state index in [2.05, 4.69) is 10.5 Å². The van der Waals surface area contributed by atoms with Crippen LogP contribution in [0.4, 0.5) is 10.1 Å². The molecule has 0 spiro atoms. The lowest BCUT2D eigenvalue weighted by Gasteiger charge is -2.18. The van der Waals surface area contributed by atoms with E-state index in [1.165, 1.54) is 12.1 Å². The number of fused-ring (bicyclic) bond motifs is 1. The Hall–Kier alpha value is -3.97. The Kier molecular flexibility index (Phi) is 5.34. The molecule has 4 aromatic rings. The Labute approximate surface area is 205 Å². The fourth-order valence-electron chi connectivity index (χ4n) is 4.63. The van der Waals surface area contributed by atoms with Gasteiger partial charge in [-0.3, -0.25) is 9.59 Å². The first-order chi connectivity index (χ1) is 17.1. The van der Waals surface area contributed by atoms with E-state index in [-0.39, 0.29) is 17.6 Å². The summed E-state index contributed by atoms with van der Waals surface area (Å²) >= 11 is 1.65. The number of carbonyl (C=O) groups excluding carboxylic acids is 2. The largest absolute Gasteiger partial charge is 0.303 e. The molecule has 5 nitrogen and oxygen atoms in total. The Bertz CT molecular complexity index is 1530. The van der Waals surface area contributed by atoms with Crippen LogP contribution in [0, 0.1) is 5.82 Å². The molecule has 7 heteroatoms. The normalized spacial score (nSPS) is 15.5. The number of nitrogens with one attached hydrogen (secondary N) is 1. The first-order valence-electron chi connectivity index (χ1n) is 11.3. The highest BCUT2D eigenvalue weighted by molar-refractivity contribution is 7.99. The Balaban J connectivity index is 1.18. The molecule has 0 saturated carbocycles. The molecular weight excluding hydrogens is 461 g/mol. The molecule has 2 aliphatic heterocycles. The molecule has 0 aromatic heterocycles. The summed E-state index contributed by atoms with van der Waals surface area (Å²) < 4.78 is 13.7. The quantitative estimate of drug-likeness (QED) is 0.377. The van der Waals surface area contributed by atoms with Crippen molar-refractivity contribution in [1.82, 2.24) is 5.43 Å². The maximum atomic E-state index is 13.7. The van der Waals surface area contributed by atoms with Crippen molar-refractivity contribution in [3.05, 3.63) is 107 Å². The van der Waals surface area contributed by atoms with Crippen LogP contribution in [0.3, 0.4) is 0 Å². The van der Waals surface area contributed by atoms with E-state index >= 15 is 0 Å². The summed E-state index contributed by atoms with van der Waals surface area (Å²) in [7, 11) is 0. The number of halogens is 1. The second-order valence-electron chi connectivity index (χ2n) is 8.51. The second kappa shape index (κ2) is 8.67. The van der Waals surface area contributed by atoms with Gasteiger partial charge in [-0.1, -0.05) is 36.4 Å². The van der Waals surface area contributed by atoms with Gasteiger partial charge in [-0.05, 0) is 53.4 Å². The molecule has 0 atom stereocenters. The van der Waals surface area contributed by atoms with Crippen molar-refractivity contribution in [2.45, 2.75) is 17.9 Å². The lowest BCUT2D eigenvalue weighted by Crippen LogP contribution is -2.26. The highest BCUT2D eigenvalue weighted by Crippen LogP contribution is 2.38.